The lowest BCUT2D eigenvalue weighted by molar-refractivity contribution is -0.121. The SMILES string of the molecule is CCC(NC(=O)CCc1n[nH]c(C)c1C)c1ccc(S(C)(=O)=O)cc1. The highest BCUT2D eigenvalue weighted by molar-refractivity contribution is 7.90. The van der Waals surface area contributed by atoms with Gasteiger partial charge in [-0.15, -0.1) is 0 Å². The predicted molar refractivity (Wildman–Crippen MR) is 97.1 cm³/mol. The van der Waals surface area contributed by atoms with Crippen LogP contribution in [0.4, 0.5) is 0 Å². The van der Waals surface area contributed by atoms with Gasteiger partial charge in [0.1, 0.15) is 0 Å². The first-order valence-electron chi connectivity index (χ1n) is 8.32. The van der Waals surface area contributed by atoms with Crippen LogP contribution < -0.4 is 5.32 Å². The summed E-state index contributed by atoms with van der Waals surface area (Å²) in [6, 6.07) is 6.53. The molecule has 25 heavy (non-hydrogen) atoms. The lowest BCUT2D eigenvalue weighted by Gasteiger charge is -2.17. The van der Waals surface area contributed by atoms with E-state index < -0.39 is 9.84 Å². The second-order valence-corrected chi connectivity index (χ2v) is 8.31. The smallest absolute Gasteiger partial charge is 0.220 e. The summed E-state index contributed by atoms with van der Waals surface area (Å²) < 4.78 is 23.1. The molecule has 0 saturated carbocycles. The molecule has 0 aliphatic carbocycles. The first-order valence-corrected chi connectivity index (χ1v) is 10.2. The second kappa shape index (κ2) is 7.82. The molecule has 0 aliphatic heterocycles. The van der Waals surface area contributed by atoms with Crippen molar-refractivity contribution in [3.63, 3.8) is 0 Å². The van der Waals surface area contributed by atoms with Gasteiger partial charge in [0.25, 0.3) is 0 Å². The lowest BCUT2D eigenvalue weighted by atomic mass is 10.0. The molecule has 2 aromatic rings. The van der Waals surface area contributed by atoms with Crippen LogP contribution in [0.5, 0.6) is 0 Å². The van der Waals surface area contributed by atoms with E-state index in [1.54, 1.807) is 24.3 Å². The van der Waals surface area contributed by atoms with Crippen molar-refractivity contribution in [3.05, 3.63) is 46.8 Å². The van der Waals surface area contributed by atoms with Gasteiger partial charge in [0.2, 0.25) is 5.91 Å². The van der Waals surface area contributed by atoms with E-state index in [4.69, 9.17) is 0 Å². The Morgan fingerprint density at radius 1 is 1.24 bits per heavy atom. The third-order valence-electron chi connectivity index (χ3n) is 4.40. The molecule has 0 saturated heterocycles. The molecule has 1 amide bonds. The van der Waals surface area contributed by atoms with Crippen molar-refractivity contribution in [1.82, 2.24) is 15.5 Å². The summed E-state index contributed by atoms with van der Waals surface area (Å²) in [6.07, 6.45) is 2.86. The van der Waals surface area contributed by atoms with Crippen LogP contribution in [0.25, 0.3) is 0 Å². The molecule has 7 heteroatoms. The molecule has 0 fully saturated rings. The molecule has 1 aromatic heterocycles. The lowest BCUT2D eigenvalue weighted by Crippen LogP contribution is -2.28. The molecule has 2 rings (SSSR count). The molecule has 6 nitrogen and oxygen atoms in total. The van der Waals surface area contributed by atoms with Crippen LogP contribution >= 0.6 is 0 Å². The summed E-state index contributed by atoms with van der Waals surface area (Å²) in [6.45, 7) is 5.93. The monoisotopic (exact) mass is 363 g/mol. The number of aryl methyl sites for hydroxylation is 2. The summed E-state index contributed by atoms with van der Waals surface area (Å²) in [7, 11) is -3.21. The minimum atomic E-state index is -3.21. The van der Waals surface area contributed by atoms with Gasteiger partial charge in [-0.1, -0.05) is 19.1 Å². The Balaban J connectivity index is 1.99. The number of nitrogens with one attached hydrogen (secondary N) is 2. The van der Waals surface area contributed by atoms with E-state index in [2.05, 4.69) is 15.5 Å². The number of benzene rings is 1. The van der Waals surface area contributed by atoms with Crippen LogP contribution in [0.1, 0.15) is 48.3 Å². The third kappa shape index (κ3) is 4.92. The van der Waals surface area contributed by atoms with Gasteiger partial charge in [0.05, 0.1) is 16.6 Å². The second-order valence-electron chi connectivity index (χ2n) is 6.29. The fraction of sp³-hybridized carbons (Fsp3) is 0.444. The van der Waals surface area contributed by atoms with Crippen molar-refractivity contribution in [2.24, 2.45) is 0 Å². The molecular formula is C18H25N3O3S. The topological polar surface area (TPSA) is 91.9 Å². The number of aromatic nitrogens is 2. The first kappa shape index (κ1) is 19.2. The minimum Gasteiger partial charge on any atom is -0.349 e. The Hall–Kier alpha value is -2.15. The Labute approximate surface area is 149 Å². The number of nitrogens with zero attached hydrogens (tertiary/aromatic N) is 1. The van der Waals surface area contributed by atoms with Gasteiger partial charge < -0.3 is 5.32 Å². The number of aromatic amines is 1. The highest BCUT2D eigenvalue weighted by atomic mass is 32.2. The van der Waals surface area contributed by atoms with Crippen LogP contribution in [-0.4, -0.2) is 30.8 Å². The minimum absolute atomic E-state index is 0.0425. The number of H-pyrrole nitrogens is 1. The molecular weight excluding hydrogens is 338 g/mol. The van der Waals surface area contributed by atoms with Gasteiger partial charge in [-0.25, -0.2) is 8.42 Å². The van der Waals surface area contributed by atoms with E-state index in [-0.39, 0.29) is 16.8 Å². The van der Waals surface area contributed by atoms with Gasteiger partial charge in [0.15, 0.2) is 9.84 Å². The van der Waals surface area contributed by atoms with Gasteiger partial charge in [-0.3, -0.25) is 9.89 Å². The summed E-state index contributed by atoms with van der Waals surface area (Å²) in [5, 5.41) is 10.2. The zero-order valence-electron chi connectivity index (χ0n) is 15.1. The van der Waals surface area contributed by atoms with Crippen LogP contribution in [0.3, 0.4) is 0 Å². The fourth-order valence-electron chi connectivity index (χ4n) is 2.65. The van der Waals surface area contributed by atoms with Crippen molar-refractivity contribution < 1.29 is 13.2 Å². The highest BCUT2D eigenvalue weighted by Gasteiger charge is 2.15. The summed E-state index contributed by atoms with van der Waals surface area (Å²) >= 11 is 0. The quantitative estimate of drug-likeness (QED) is 0.791. The molecule has 136 valence electrons. The molecule has 1 unspecified atom stereocenters. The maximum Gasteiger partial charge on any atom is 0.220 e. The van der Waals surface area contributed by atoms with Crippen molar-refractivity contribution >= 4 is 15.7 Å². The number of hydrogen-bond acceptors (Lipinski definition) is 4. The predicted octanol–water partition coefficient (Wildman–Crippen LogP) is 2.63. The molecule has 0 spiro atoms. The van der Waals surface area contributed by atoms with E-state index in [9.17, 15) is 13.2 Å². The normalized spacial score (nSPS) is 12.8. The Kier molecular flexibility index (Phi) is 6.00. The van der Waals surface area contributed by atoms with Crippen molar-refractivity contribution in [2.45, 2.75) is 51.0 Å². The number of hydrogen-bond donors (Lipinski definition) is 2. The van der Waals surface area contributed by atoms with Gasteiger partial charge in [-0.05, 0) is 43.5 Å². The maximum atomic E-state index is 12.3. The van der Waals surface area contributed by atoms with Crippen LogP contribution in [0, 0.1) is 13.8 Å². The number of rotatable bonds is 7. The van der Waals surface area contributed by atoms with Gasteiger partial charge in [0, 0.05) is 24.8 Å². The molecule has 1 heterocycles. The summed E-state index contributed by atoms with van der Waals surface area (Å²) in [4.78, 5) is 12.5. The Morgan fingerprint density at radius 3 is 2.36 bits per heavy atom. The summed E-state index contributed by atoms with van der Waals surface area (Å²) in [5.74, 6) is -0.0425. The first-order chi connectivity index (χ1) is 11.7. The number of carbonyl (C=O) groups excluding carboxylic acids is 1. The molecule has 1 aromatic carbocycles. The zero-order valence-corrected chi connectivity index (χ0v) is 15.9. The van der Waals surface area contributed by atoms with E-state index in [0.717, 1.165) is 28.9 Å². The Bertz CT molecular complexity index is 839. The largest absolute Gasteiger partial charge is 0.349 e. The average molecular weight is 363 g/mol. The highest BCUT2D eigenvalue weighted by Crippen LogP contribution is 2.19. The van der Waals surface area contributed by atoms with E-state index in [1.165, 1.54) is 6.26 Å². The molecule has 1 atom stereocenters. The van der Waals surface area contributed by atoms with E-state index in [0.29, 0.717) is 12.8 Å². The van der Waals surface area contributed by atoms with Crippen molar-refractivity contribution in [1.29, 1.82) is 0 Å². The van der Waals surface area contributed by atoms with Gasteiger partial charge in [-0.2, -0.15) is 5.10 Å². The molecule has 0 radical (unpaired) electrons. The zero-order chi connectivity index (χ0) is 18.6. The maximum absolute atomic E-state index is 12.3. The van der Waals surface area contributed by atoms with Crippen molar-refractivity contribution in [2.75, 3.05) is 6.26 Å². The molecule has 0 aliphatic rings. The van der Waals surface area contributed by atoms with Gasteiger partial charge >= 0.3 is 0 Å². The summed E-state index contributed by atoms with van der Waals surface area (Å²) in [5.41, 5.74) is 3.93. The standard InChI is InChI=1S/C18H25N3O3S/c1-5-16(14-6-8-15(9-7-14)25(4,23)24)19-18(22)11-10-17-12(2)13(3)20-21-17/h6-9,16H,5,10-11H2,1-4H3,(H,19,22)(H,20,21). The van der Waals surface area contributed by atoms with Crippen molar-refractivity contribution in [3.8, 4) is 0 Å². The Morgan fingerprint density at radius 2 is 1.88 bits per heavy atom. The number of amides is 1. The fourth-order valence-corrected chi connectivity index (χ4v) is 3.28. The molecule has 2 N–H and O–H groups in total. The van der Waals surface area contributed by atoms with Crippen LogP contribution in [0.15, 0.2) is 29.2 Å². The third-order valence-corrected chi connectivity index (χ3v) is 5.53. The number of sulfone groups is 1. The van der Waals surface area contributed by atoms with Crippen LogP contribution in [-0.2, 0) is 21.1 Å². The van der Waals surface area contributed by atoms with E-state index >= 15 is 0 Å². The number of carbonyl (C=O) groups is 1. The van der Waals surface area contributed by atoms with E-state index in [1.807, 2.05) is 20.8 Å². The molecule has 0 bridgehead atoms. The average Bonchev–Trinajstić information content (AvgIpc) is 2.89. The van der Waals surface area contributed by atoms with Crippen LogP contribution in [0.2, 0.25) is 0 Å².